The highest BCUT2D eigenvalue weighted by molar-refractivity contribution is 9.10. The summed E-state index contributed by atoms with van der Waals surface area (Å²) in [6, 6.07) is 16.4. The van der Waals surface area contributed by atoms with Crippen molar-refractivity contribution in [3.63, 3.8) is 0 Å². The smallest absolute Gasteiger partial charge is 0.243 e. The molecule has 0 atom stereocenters. The number of nitrogens with zero attached hydrogens (tertiary/aromatic N) is 2. The third kappa shape index (κ3) is 5.26. The molecule has 1 amide bonds. The Morgan fingerprint density at radius 2 is 1.88 bits per heavy atom. The van der Waals surface area contributed by atoms with Crippen molar-refractivity contribution in [1.82, 2.24) is 10.3 Å². The van der Waals surface area contributed by atoms with E-state index in [0.29, 0.717) is 0 Å². The van der Waals surface area contributed by atoms with Crippen LogP contribution in [-0.4, -0.2) is 30.1 Å². The van der Waals surface area contributed by atoms with E-state index in [1.54, 1.807) is 6.21 Å². The van der Waals surface area contributed by atoms with Gasteiger partial charge in [-0.3, -0.25) is 9.69 Å². The van der Waals surface area contributed by atoms with Crippen LogP contribution in [-0.2, 0) is 11.3 Å². The summed E-state index contributed by atoms with van der Waals surface area (Å²) in [6.45, 7) is 4.85. The molecule has 136 valence electrons. The second-order valence-electron chi connectivity index (χ2n) is 6.77. The molecule has 2 aromatic carbocycles. The van der Waals surface area contributed by atoms with Crippen molar-refractivity contribution in [2.45, 2.75) is 26.3 Å². The number of likely N-dealkylation sites (tertiary alicyclic amines) is 1. The number of hydrogen-bond acceptors (Lipinski definition) is 3. The molecule has 0 aliphatic carbocycles. The van der Waals surface area contributed by atoms with Crippen LogP contribution in [0.15, 0.2) is 58.1 Å². The lowest BCUT2D eigenvalue weighted by atomic mass is 9.96. The topological polar surface area (TPSA) is 44.7 Å². The minimum absolute atomic E-state index is 0.0260. The first-order chi connectivity index (χ1) is 12.6. The lowest BCUT2D eigenvalue weighted by molar-refractivity contribution is -0.126. The molecule has 0 radical (unpaired) electrons. The number of rotatable bonds is 5. The van der Waals surface area contributed by atoms with Crippen molar-refractivity contribution in [2.75, 3.05) is 13.1 Å². The van der Waals surface area contributed by atoms with Crippen LogP contribution in [0.3, 0.4) is 0 Å². The van der Waals surface area contributed by atoms with Crippen molar-refractivity contribution < 1.29 is 4.79 Å². The van der Waals surface area contributed by atoms with Gasteiger partial charge in [0.2, 0.25) is 5.91 Å². The minimum Gasteiger partial charge on any atom is -0.299 e. The maximum absolute atomic E-state index is 12.3. The highest BCUT2D eigenvalue weighted by atomic mass is 79.9. The largest absolute Gasteiger partial charge is 0.299 e. The van der Waals surface area contributed by atoms with E-state index >= 15 is 0 Å². The van der Waals surface area contributed by atoms with Gasteiger partial charge < -0.3 is 0 Å². The molecule has 1 N–H and O–H groups in total. The van der Waals surface area contributed by atoms with Gasteiger partial charge in [-0.25, -0.2) is 5.43 Å². The van der Waals surface area contributed by atoms with Gasteiger partial charge in [0.1, 0.15) is 0 Å². The summed E-state index contributed by atoms with van der Waals surface area (Å²) in [5, 5.41) is 4.13. The molecular weight excluding hydrogens is 390 g/mol. The van der Waals surface area contributed by atoms with Gasteiger partial charge in [-0.15, -0.1) is 0 Å². The average molecular weight is 414 g/mol. The van der Waals surface area contributed by atoms with Gasteiger partial charge in [-0.2, -0.15) is 5.10 Å². The van der Waals surface area contributed by atoms with E-state index < -0.39 is 0 Å². The van der Waals surface area contributed by atoms with Gasteiger partial charge >= 0.3 is 0 Å². The van der Waals surface area contributed by atoms with E-state index in [1.165, 1.54) is 5.56 Å². The van der Waals surface area contributed by atoms with Crippen molar-refractivity contribution >= 4 is 28.1 Å². The number of hydrogen-bond donors (Lipinski definition) is 1. The van der Waals surface area contributed by atoms with Crippen molar-refractivity contribution in [1.29, 1.82) is 0 Å². The fourth-order valence-corrected chi connectivity index (χ4v) is 3.45. The van der Waals surface area contributed by atoms with E-state index in [4.69, 9.17) is 0 Å². The Hall–Kier alpha value is -1.98. The zero-order valence-corrected chi connectivity index (χ0v) is 16.6. The Balaban J connectivity index is 1.44. The highest BCUT2D eigenvalue weighted by Crippen LogP contribution is 2.20. The molecule has 0 aromatic heterocycles. The molecule has 1 aliphatic heterocycles. The summed E-state index contributed by atoms with van der Waals surface area (Å²) >= 11 is 3.46. The van der Waals surface area contributed by atoms with Crippen LogP contribution in [0.25, 0.3) is 0 Å². The summed E-state index contributed by atoms with van der Waals surface area (Å²) in [5.41, 5.74) is 6.18. The van der Waals surface area contributed by atoms with Crippen LogP contribution in [0.5, 0.6) is 0 Å². The zero-order chi connectivity index (χ0) is 18.4. The fraction of sp³-hybridized carbons (Fsp3) is 0.333. The molecule has 0 spiro atoms. The van der Waals surface area contributed by atoms with Gasteiger partial charge in [0, 0.05) is 16.9 Å². The van der Waals surface area contributed by atoms with E-state index in [0.717, 1.165) is 48.1 Å². The molecule has 0 bridgehead atoms. The number of carbonyl (C=O) groups is 1. The Bertz CT molecular complexity index is 765. The maximum Gasteiger partial charge on any atom is 0.243 e. The molecule has 5 heteroatoms. The first-order valence-electron chi connectivity index (χ1n) is 8.97. The molecule has 1 saturated heterocycles. The summed E-state index contributed by atoms with van der Waals surface area (Å²) in [7, 11) is 0. The number of piperidine rings is 1. The number of amides is 1. The van der Waals surface area contributed by atoms with Gasteiger partial charge in [0.15, 0.2) is 0 Å². The van der Waals surface area contributed by atoms with E-state index in [2.05, 4.69) is 55.6 Å². The van der Waals surface area contributed by atoms with Crippen molar-refractivity contribution in [3.8, 4) is 0 Å². The zero-order valence-electron chi connectivity index (χ0n) is 15.0. The molecule has 0 unspecified atom stereocenters. The van der Waals surface area contributed by atoms with E-state index in [9.17, 15) is 4.79 Å². The standard InChI is InChI=1S/C21H24BrN3O/c1-16-4-2-3-5-19(16)14-23-24-21(26)18-10-12-25(13-11-18)15-17-6-8-20(22)9-7-17/h2-9,14,18H,10-13,15H2,1H3,(H,24,26)/b23-14-. The summed E-state index contributed by atoms with van der Waals surface area (Å²) in [6.07, 6.45) is 3.47. The highest BCUT2D eigenvalue weighted by Gasteiger charge is 2.24. The maximum atomic E-state index is 12.3. The van der Waals surface area contributed by atoms with Crippen LogP contribution in [0.4, 0.5) is 0 Å². The van der Waals surface area contributed by atoms with Gasteiger partial charge in [0.05, 0.1) is 6.21 Å². The lowest BCUT2D eigenvalue weighted by Gasteiger charge is -2.30. The third-order valence-corrected chi connectivity index (χ3v) is 5.37. The van der Waals surface area contributed by atoms with E-state index in [-0.39, 0.29) is 11.8 Å². The Kier molecular flexibility index (Phi) is 6.58. The molecule has 1 fully saturated rings. The van der Waals surface area contributed by atoms with Gasteiger partial charge in [0.25, 0.3) is 0 Å². The summed E-state index contributed by atoms with van der Waals surface area (Å²) in [4.78, 5) is 14.7. The predicted molar refractivity (Wildman–Crippen MR) is 109 cm³/mol. The van der Waals surface area contributed by atoms with Crippen LogP contribution >= 0.6 is 15.9 Å². The Morgan fingerprint density at radius 3 is 2.58 bits per heavy atom. The number of benzene rings is 2. The number of carbonyl (C=O) groups excluding carboxylic acids is 1. The normalized spacial score (nSPS) is 16.1. The second kappa shape index (κ2) is 9.10. The first-order valence-corrected chi connectivity index (χ1v) is 9.76. The Morgan fingerprint density at radius 1 is 1.19 bits per heavy atom. The molecule has 2 aromatic rings. The van der Waals surface area contributed by atoms with Crippen LogP contribution < -0.4 is 5.43 Å². The minimum atomic E-state index is 0.0260. The molecule has 26 heavy (non-hydrogen) atoms. The number of hydrazone groups is 1. The quantitative estimate of drug-likeness (QED) is 0.591. The first kappa shape index (κ1) is 18.8. The van der Waals surface area contributed by atoms with Gasteiger partial charge in [-0.1, -0.05) is 52.3 Å². The molecule has 0 saturated carbocycles. The van der Waals surface area contributed by atoms with Crippen LogP contribution in [0, 0.1) is 12.8 Å². The van der Waals surface area contributed by atoms with Crippen molar-refractivity contribution in [2.24, 2.45) is 11.0 Å². The monoisotopic (exact) mass is 413 g/mol. The lowest BCUT2D eigenvalue weighted by Crippen LogP contribution is -2.39. The molecule has 1 aliphatic rings. The third-order valence-electron chi connectivity index (χ3n) is 4.84. The molecule has 3 rings (SSSR count). The molecular formula is C21H24BrN3O. The number of halogens is 1. The molecule has 4 nitrogen and oxygen atoms in total. The van der Waals surface area contributed by atoms with E-state index in [1.807, 2.05) is 31.2 Å². The number of aryl methyl sites for hydroxylation is 1. The Labute approximate surface area is 163 Å². The average Bonchev–Trinajstić information content (AvgIpc) is 2.66. The second-order valence-corrected chi connectivity index (χ2v) is 7.68. The SMILES string of the molecule is Cc1ccccc1/C=N\NC(=O)C1CCN(Cc2ccc(Br)cc2)CC1. The van der Waals surface area contributed by atoms with Crippen LogP contribution in [0.1, 0.15) is 29.5 Å². The fourth-order valence-electron chi connectivity index (χ4n) is 3.19. The predicted octanol–water partition coefficient (Wildman–Crippen LogP) is 4.12. The summed E-state index contributed by atoms with van der Waals surface area (Å²) < 4.78 is 1.10. The summed E-state index contributed by atoms with van der Waals surface area (Å²) in [5.74, 6) is 0.0725. The van der Waals surface area contributed by atoms with Crippen LogP contribution in [0.2, 0.25) is 0 Å². The van der Waals surface area contributed by atoms with Crippen molar-refractivity contribution in [3.05, 3.63) is 69.7 Å². The molecule has 1 heterocycles. The van der Waals surface area contributed by atoms with Gasteiger partial charge in [-0.05, 0) is 61.7 Å². The number of nitrogens with one attached hydrogen (secondary N) is 1.